The fourth-order valence-corrected chi connectivity index (χ4v) is 1.26. The van der Waals surface area contributed by atoms with Crippen LogP contribution in [-0.2, 0) is 29.6 Å². The van der Waals surface area contributed by atoms with E-state index in [1.54, 1.807) is 0 Å². The van der Waals surface area contributed by atoms with Crippen molar-refractivity contribution >= 4 is 10.1 Å². The number of benzene rings is 1. The molecule has 0 spiro atoms. The van der Waals surface area contributed by atoms with Crippen molar-refractivity contribution in [3.05, 3.63) is 24.3 Å². The largest absolute Gasteiger partial charge is 0.506 e. The fourth-order valence-electron chi connectivity index (χ4n) is 0.675. The molecule has 2 N–H and O–H groups in total. The van der Waals surface area contributed by atoms with Gasteiger partial charge in [0.25, 0.3) is 10.1 Å². The van der Waals surface area contributed by atoms with Crippen molar-refractivity contribution in [2.45, 2.75) is 4.90 Å². The number of hydrogen-bond acceptors (Lipinski definition) is 3. The monoisotopic (exact) mass is 238 g/mol. The van der Waals surface area contributed by atoms with E-state index in [4.69, 9.17) is 9.66 Å². The summed E-state index contributed by atoms with van der Waals surface area (Å²) >= 11 is 0. The summed E-state index contributed by atoms with van der Waals surface area (Å²) in [4.78, 5) is -0.472. The molecule has 0 radical (unpaired) electrons. The molecule has 1 aromatic carbocycles. The molecule has 0 bridgehead atoms. The Morgan fingerprint density at radius 2 is 1.67 bits per heavy atom. The molecule has 0 aromatic heterocycles. The third-order valence-corrected chi connectivity index (χ3v) is 2.04. The molecule has 0 amide bonds. The van der Waals surface area contributed by atoms with Crippen molar-refractivity contribution in [1.29, 1.82) is 0 Å². The molecular formula is C6H6O4SZn. The van der Waals surface area contributed by atoms with E-state index >= 15 is 0 Å². The quantitative estimate of drug-likeness (QED) is 0.557. The minimum atomic E-state index is -4.28. The maximum atomic E-state index is 10.4. The van der Waals surface area contributed by atoms with Crippen LogP contribution in [0.25, 0.3) is 0 Å². The average molecular weight is 240 g/mol. The van der Waals surface area contributed by atoms with Gasteiger partial charge in [0.15, 0.2) is 0 Å². The summed E-state index contributed by atoms with van der Waals surface area (Å²) in [5.74, 6) is -0.449. The predicted molar refractivity (Wildman–Crippen MR) is 37.9 cm³/mol. The smallest absolute Gasteiger partial charge is 0.298 e. The summed E-state index contributed by atoms with van der Waals surface area (Å²) < 4.78 is 29.4. The number of aromatic hydroxyl groups is 1. The molecule has 6 heteroatoms. The molecule has 12 heavy (non-hydrogen) atoms. The normalized spacial score (nSPS) is 10.4. The molecule has 0 unspecified atom stereocenters. The van der Waals surface area contributed by atoms with Gasteiger partial charge in [-0.05, 0) is 12.1 Å². The molecule has 0 aliphatic rings. The van der Waals surface area contributed by atoms with Gasteiger partial charge in [0, 0.05) is 19.5 Å². The van der Waals surface area contributed by atoms with Gasteiger partial charge < -0.3 is 5.11 Å². The first kappa shape index (κ1) is 11.6. The van der Waals surface area contributed by atoms with E-state index in [9.17, 15) is 8.42 Å². The first-order valence-electron chi connectivity index (χ1n) is 2.77. The molecule has 0 aliphatic carbocycles. The van der Waals surface area contributed by atoms with Gasteiger partial charge in [0.05, 0.1) is 0 Å². The molecule has 0 saturated carbocycles. The zero-order valence-corrected chi connectivity index (χ0v) is 9.92. The average Bonchev–Trinajstić information content (AvgIpc) is 1.86. The second-order valence-corrected chi connectivity index (χ2v) is 3.33. The Morgan fingerprint density at radius 3 is 2.00 bits per heavy atom. The van der Waals surface area contributed by atoms with E-state index < -0.39 is 20.8 Å². The number of phenols is 1. The van der Waals surface area contributed by atoms with Gasteiger partial charge in [0.2, 0.25) is 0 Å². The third-order valence-electron chi connectivity index (χ3n) is 1.14. The fraction of sp³-hybridized carbons (Fsp3) is 0. The van der Waals surface area contributed by atoms with E-state index in [1.807, 2.05) is 0 Å². The Hall–Kier alpha value is -0.447. The van der Waals surface area contributed by atoms with Crippen molar-refractivity contribution in [2.24, 2.45) is 0 Å². The van der Waals surface area contributed by atoms with Gasteiger partial charge >= 0.3 is 0 Å². The van der Waals surface area contributed by atoms with Crippen LogP contribution in [-0.4, -0.2) is 18.1 Å². The second kappa shape index (κ2) is 3.98. The zero-order chi connectivity index (χ0) is 8.48. The van der Waals surface area contributed by atoms with Crippen molar-refractivity contribution in [3.63, 3.8) is 0 Å². The van der Waals surface area contributed by atoms with Crippen LogP contribution < -0.4 is 0 Å². The molecule has 0 fully saturated rings. The summed E-state index contributed by atoms with van der Waals surface area (Å²) in [6.45, 7) is 0. The second-order valence-electron chi connectivity index (χ2n) is 1.94. The minimum absolute atomic E-state index is 0. The Balaban J connectivity index is 0.00000121. The van der Waals surface area contributed by atoms with E-state index in [-0.39, 0.29) is 19.5 Å². The van der Waals surface area contributed by atoms with Crippen LogP contribution in [0.4, 0.5) is 0 Å². The van der Waals surface area contributed by atoms with E-state index in [0.29, 0.717) is 0 Å². The standard InChI is InChI=1S/C6H6O4S.Zn/c7-5-3-1-2-4-6(5)11(8,9)10;/h1-4,7H,(H,8,9,10);. The maximum Gasteiger partial charge on any atom is 0.298 e. The first-order valence-corrected chi connectivity index (χ1v) is 4.21. The number of para-hydroxylation sites is 1. The van der Waals surface area contributed by atoms with Crippen LogP contribution in [0.1, 0.15) is 0 Å². The topological polar surface area (TPSA) is 74.6 Å². The Kier molecular flexibility index (Phi) is 3.83. The summed E-state index contributed by atoms with van der Waals surface area (Å²) in [6.07, 6.45) is 0. The Bertz CT molecular complexity index is 360. The summed E-state index contributed by atoms with van der Waals surface area (Å²) in [7, 11) is -4.28. The molecule has 1 aromatic rings. The Morgan fingerprint density at radius 1 is 1.17 bits per heavy atom. The van der Waals surface area contributed by atoms with Gasteiger partial charge in [0.1, 0.15) is 10.6 Å². The van der Waals surface area contributed by atoms with E-state index in [0.717, 1.165) is 6.07 Å². The van der Waals surface area contributed by atoms with Crippen LogP contribution in [0.15, 0.2) is 29.2 Å². The van der Waals surface area contributed by atoms with Gasteiger partial charge in [-0.3, -0.25) is 4.55 Å². The molecule has 62 valence electrons. The van der Waals surface area contributed by atoms with E-state index in [1.165, 1.54) is 18.2 Å². The summed E-state index contributed by atoms with van der Waals surface area (Å²) in [5.41, 5.74) is 0. The molecule has 1 rings (SSSR count). The third kappa shape index (κ3) is 2.55. The van der Waals surface area contributed by atoms with Gasteiger partial charge in [-0.1, -0.05) is 12.1 Å². The predicted octanol–water partition coefficient (Wildman–Crippen LogP) is 0.636. The molecule has 0 saturated heterocycles. The van der Waals surface area contributed by atoms with Crippen LogP contribution in [0, 0.1) is 0 Å². The maximum absolute atomic E-state index is 10.4. The number of phenolic OH excluding ortho intramolecular Hbond substituents is 1. The van der Waals surface area contributed by atoms with Crippen molar-refractivity contribution in [3.8, 4) is 5.75 Å². The summed E-state index contributed by atoms with van der Waals surface area (Å²) in [5, 5.41) is 8.91. The molecule has 0 atom stereocenters. The van der Waals surface area contributed by atoms with Crippen molar-refractivity contribution in [2.75, 3.05) is 0 Å². The number of rotatable bonds is 1. The van der Waals surface area contributed by atoms with Crippen LogP contribution in [0.2, 0.25) is 0 Å². The Labute approximate surface area is 82.7 Å². The van der Waals surface area contributed by atoms with Gasteiger partial charge in [-0.25, -0.2) is 0 Å². The van der Waals surface area contributed by atoms with E-state index in [2.05, 4.69) is 0 Å². The van der Waals surface area contributed by atoms with Crippen LogP contribution in [0.3, 0.4) is 0 Å². The van der Waals surface area contributed by atoms with Gasteiger partial charge in [-0.15, -0.1) is 0 Å². The molecule has 0 heterocycles. The zero-order valence-electron chi connectivity index (χ0n) is 6.14. The van der Waals surface area contributed by atoms with Crippen LogP contribution >= 0.6 is 0 Å². The SMILES string of the molecule is O=S(=O)(O)c1ccccc1O.[Zn]. The van der Waals surface area contributed by atoms with Crippen LogP contribution in [0.5, 0.6) is 5.75 Å². The van der Waals surface area contributed by atoms with Gasteiger partial charge in [-0.2, -0.15) is 8.42 Å². The van der Waals surface area contributed by atoms with Crippen molar-refractivity contribution < 1.29 is 37.6 Å². The summed E-state index contributed by atoms with van der Waals surface area (Å²) in [6, 6.07) is 5.17. The molecule has 4 nitrogen and oxygen atoms in total. The van der Waals surface area contributed by atoms with Crippen molar-refractivity contribution in [1.82, 2.24) is 0 Å². The minimum Gasteiger partial charge on any atom is -0.506 e. The first-order chi connectivity index (χ1) is 5.02. The number of hydrogen-bond donors (Lipinski definition) is 2. The molecule has 0 aliphatic heterocycles. The molecular weight excluding hydrogens is 234 g/mol.